The van der Waals surface area contributed by atoms with Gasteiger partial charge in [-0.1, -0.05) is 34.1 Å². The van der Waals surface area contributed by atoms with Gasteiger partial charge in [0, 0.05) is 16.1 Å². The minimum atomic E-state index is -2.06. The Balaban J connectivity index is 1.90. The summed E-state index contributed by atoms with van der Waals surface area (Å²) in [5, 5.41) is 33.2. The average Bonchev–Trinajstić information content (AvgIpc) is 3.19. The quantitative estimate of drug-likeness (QED) is 0.496. The number of hydrogen-bond donors (Lipinski definition) is 4. The SMILES string of the molecule is Cc1ccccc1N1C(=O)C2C(c3cc(Br)ccc3O)NC(CO)(C(=O)O)C2C1=O. The number of nitrogens with one attached hydrogen (secondary N) is 1. The molecule has 2 saturated heterocycles. The van der Waals surface area contributed by atoms with Crippen molar-refractivity contribution in [3.05, 3.63) is 58.1 Å². The first-order valence-corrected chi connectivity index (χ1v) is 10.1. The second-order valence-corrected chi connectivity index (χ2v) is 8.48. The summed E-state index contributed by atoms with van der Waals surface area (Å²) in [5.41, 5.74) is -0.743. The lowest BCUT2D eigenvalue weighted by Gasteiger charge is -2.29. The number of aliphatic carboxylic acids is 1. The Morgan fingerprint density at radius 3 is 2.53 bits per heavy atom. The third kappa shape index (κ3) is 2.77. The van der Waals surface area contributed by atoms with Crippen LogP contribution in [0.15, 0.2) is 46.9 Å². The zero-order valence-electron chi connectivity index (χ0n) is 15.9. The van der Waals surface area contributed by atoms with E-state index in [1.54, 1.807) is 43.3 Å². The van der Waals surface area contributed by atoms with Crippen LogP contribution in [0.2, 0.25) is 0 Å². The molecule has 2 heterocycles. The number of aryl methyl sites for hydroxylation is 1. The number of aliphatic hydroxyl groups excluding tert-OH is 1. The number of rotatable bonds is 4. The maximum atomic E-state index is 13.5. The number of aromatic hydroxyl groups is 1. The number of aliphatic hydroxyl groups is 1. The molecule has 2 amide bonds. The predicted molar refractivity (Wildman–Crippen MR) is 110 cm³/mol. The van der Waals surface area contributed by atoms with Gasteiger partial charge in [0.1, 0.15) is 5.75 Å². The highest BCUT2D eigenvalue weighted by molar-refractivity contribution is 9.10. The lowest BCUT2D eigenvalue weighted by atomic mass is 9.79. The summed E-state index contributed by atoms with van der Waals surface area (Å²) in [4.78, 5) is 40.0. The number of halogens is 1. The van der Waals surface area contributed by atoms with Crippen molar-refractivity contribution in [2.24, 2.45) is 11.8 Å². The third-order valence-corrected chi connectivity index (χ3v) is 6.46. The molecule has 4 N–H and O–H groups in total. The number of imide groups is 1. The van der Waals surface area contributed by atoms with Gasteiger partial charge in [-0.15, -0.1) is 0 Å². The van der Waals surface area contributed by atoms with Gasteiger partial charge in [0.05, 0.1) is 24.1 Å². The van der Waals surface area contributed by atoms with Crippen molar-refractivity contribution >= 4 is 39.4 Å². The van der Waals surface area contributed by atoms with Gasteiger partial charge in [0.25, 0.3) is 0 Å². The van der Waals surface area contributed by atoms with Gasteiger partial charge < -0.3 is 15.3 Å². The number of carboxylic acid groups (broad SMARTS) is 1. The van der Waals surface area contributed by atoms with Crippen LogP contribution in [0.4, 0.5) is 5.69 Å². The highest BCUT2D eigenvalue weighted by Gasteiger charge is 2.69. The zero-order chi connectivity index (χ0) is 21.8. The molecule has 30 heavy (non-hydrogen) atoms. The number of amides is 2. The average molecular weight is 475 g/mol. The smallest absolute Gasteiger partial charge is 0.327 e. The van der Waals surface area contributed by atoms with Crippen LogP contribution in [-0.2, 0) is 14.4 Å². The second kappa shape index (κ2) is 7.19. The fourth-order valence-electron chi connectivity index (χ4n) is 4.51. The molecule has 2 aromatic rings. The first-order valence-electron chi connectivity index (χ1n) is 9.26. The Labute approximate surface area is 180 Å². The molecule has 0 aromatic heterocycles. The first-order chi connectivity index (χ1) is 14.2. The molecule has 8 nitrogen and oxygen atoms in total. The van der Waals surface area contributed by atoms with Crippen molar-refractivity contribution in [3.8, 4) is 5.75 Å². The molecule has 0 radical (unpaired) electrons. The van der Waals surface area contributed by atoms with Gasteiger partial charge >= 0.3 is 5.97 Å². The number of carbonyl (C=O) groups excluding carboxylic acids is 2. The van der Waals surface area contributed by atoms with Crippen LogP contribution in [0.5, 0.6) is 5.75 Å². The van der Waals surface area contributed by atoms with Crippen LogP contribution < -0.4 is 10.2 Å². The lowest BCUT2D eigenvalue weighted by Crippen LogP contribution is -2.58. The third-order valence-electron chi connectivity index (χ3n) is 5.97. The molecule has 4 atom stereocenters. The summed E-state index contributed by atoms with van der Waals surface area (Å²) in [7, 11) is 0. The summed E-state index contributed by atoms with van der Waals surface area (Å²) < 4.78 is 0.609. The van der Waals surface area contributed by atoms with E-state index >= 15 is 0 Å². The lowest BCUT2D eigenvalue weighted by molar-refractivity contribution is -0.150. The van der Waals surface area contributed by atoms with Crippen molar-refractivity contribution in [2.45, 2.75) is 18.5 Å². The molecule has 0 aliphatic carbocycles. The molecule has 156 valence electrons. The zero-order valence-corrected chi connectivity index (χ0v) is 17.5. The number of hydrogen-bond acceptors (Lipinski definition) is 6. The molecular weight excluding hydrogens is 456 g/mol. The maximum absolute atomic E-state index is 13.5. The molecule has 0 spiro atoms. The molecule has 9 heteroatoms. The van der Waals surface area contributed by atoms with Gasteiger partial charge in [0.2, 0.25) is 11.8 Å². The predicted octanol–water partition coefficient (Wildman–Crippen LogP) is 1.73. The largest absolute Gasteiger partial charge is 0.508 e. The summed E-state index contributed by atoms with van der Waals surface area (Å²) in [6, 6.07) is 10.4. The summed E-state index contributed by atoms with van der Waals surface area (Å²) in [5.74, 6) is -5.31. The second-order valence-electron chi connectivity index (χ2n) is 7.56. The van der Waals surface area contributed by atoms with E-state index in [2.05, 4.69) is 21.2 Å². The Hall–Kier alpha value is -2.75. The Morgan fingerprint density at radius 1 is 1.20 bits per heavy atom. The summed E-state index contributed by atoms with van der Waals surface area (Å²) >= 11 is 3.31. The molecule has 0 saturated carbocycles. The Kier molecular flexibility index (Phi) is 4.92. The molecule has 2 aliphatic heterocycles. The molecule has 0 bridgehead atoms. The molecule has 2 aliphatic rings. The van der Waals surface area contributed by atoms with Gasteiger partial charge in [-0.2, -0.15) is 0 Å². The molecule has 2 aromatic carbocycles. The van der Waals surface area contributed by atoms with E-state index in [-0.39, 0.29) is 11.3 Å². The van der Waals surface area contributed by atoms with Crippen LogP contribution in [0, 0.1) is 18.8 Å². The minimum Gasteiger partial charge on any atom is -0.508 e. The van der Waals surface area contributed by atoms with E-state index in [0.717, 1.165) is 4.90 Å². The Bertz CT molecular complexity index is 1070. The number of anilines is 1. The van der Waals surface area contributed by atoms with Crippen LogP contribution in [0.1, 0.15) is 17.2 Å². The van der Waals surface area contributed by atoms with E-state index in [1.165, 1.54) is 6.07 Å². The van der Waals surface area contributed by atoms with Crippen molar-refractivity contribution in [3.63, 3.8) is 0 Å². The summed E-state index contributed by atoms with van der Waals surface area (Å²) in [6.45, 7) is 0.853. The number of para-hydroxylation sites is 1. The van der Waals surface area contributed by atoms with Crippen LogP contribution in [0.3, 0.4) is 0 Å². The first kappa shape index (κ1) is 20.5. The molecular formula is C21H19BrN2O6. The van der Waals surface area contributed by atoms with Crippen molar-refractivity contribution in [2.75, 3.05) is 11.5 Å². The topological polar surface area (TPSA) is 127 Å². The van der Waals surface area contributed by atoms with Gasteiger partial charge in [-0.05, 0) is 36.8 Å². The van der Waals surface area contributed by atoms with E-state index < -0.39 is 47.8 Å². The minimum absolute atomic E-state index is 0.150. The molecule has 4 unspecified atom stereocenters. The normalized spacial score (nSPS) is 28.1. The molecule has 2 fully saturated rings. The summed E-state index contributed by atoms with van der Waals surface area (Å²) in [6.07, 6.45) is 0. The maximum Gasteiger partial charge on any atom is 0.327 e. The Morgan fingerprint density at radius 2 is 1.90 bits per heavy atom. The number of phenols is 1. The van der Waals surface area contributed by atoms with E-state index in [1.807, 2.05) is 0 Å². The number of phenolic OH excluding ortho intramolecular Hbond substituents is 1. The van der Waals surface area contributed by atoms with Gasteiger partial charge in [-0.3, -0.25) is 19.7 Å². The number of fused-ring (bicyclic) bond motifs is 1. The van der Waals surface area contributed by atoms with E-state index in [9.17, 15) is 29.7 Å². The number of nitrogens with zero attached hydrogens (tertiary/aromatic N) is 1. The fourth-order valence-corrected chi connectivity index (χ4v) is 4.88. The van der Waals surface area contributed by atoms with Gasteiger partial charge in [-0.25, -0.2) is 4.90 Å². The number of carboxylic acids is 1. The van der Waals surface area contributed by atoms with Crippen LogP contribution >= 0.6 is 15.9 Å². The van der Waals surface area contributed by atoms with Crippen LogP contribution in [0.25, 0.3) is 0 Å². The number of benzene rings is 2. The monoisotopic (exact) mass is 474 g/mol. The highest BCUT2D eigenvalue weighted by Crippen LogP contribution is 2.51. The van der Waals surface area contributed by atoms with Crippen molar-refractivity contribution in [1.29, 1.82) is 0 Å². The van der Waals surface area contributed by atoms with Crippen molar-refractivity contribution in [1.82, 2.24) is 5.32 Å². The van der Waals surface area contributed by atoms with Crippen molar-refractivity contribution < 1.29 is 29.7 Å². The fraction of sp³-hybridized carbons (Fsp3) is 0.286. The molecule has 4 rings (SSSR count). The van der Waals surface area contributed by atoms with E-state index in [4.69, 9.17) is 0 Å². The van der Waals surface area contributed by atoms with Gasteiger partial charge in [0.15, 0.2) is 5.54 Å². The number of carbonyl (C=O) groups is 3. The van der Waals surface area contributed by atoms with Crippen LogP contribution in [-0.4, -0.2) is 45.2 Å². The van der Waals surface area contributed by atoms with E-state index in [0.29, 0.717) is 15.7 Å². The standard InChI is InChI=1S/C21H19BrN2O6/c1-10-4-2-3-5-13(10)24-18(27)15-16(19(24)28)21(9-25,20(29)30)23-17(15)12-8-11(22)6-7-14(12)26/h2-8,15-17,23,25-26H,9H2,1H3,(H,29,30). The highest BCUT2D eigenvalue weighted by atomic mass is 79.9.